The Morgan fingerprint density at radius 3 is 2.21 bits per heavy atom. The maximum absolute atomic E-state index is 11.5. The highest BCUT2D eigenvalue weighted by molar-refractivity contribution is 6.49. The molecular weight excluding hydrogens is 401 g/mol. The minimum atomic E-state index is -1.70. The smallest absolute Gasteiger partial charge is 0.292 e. The summed E-state index contributed by atoms with van der Waals surface area (Å²) in [5.74, 6) is 0.785. The molecule has 12 radical (unpaired) electrons. The van der Waals surface area contributed by atoms with Crippen molar-refractivity contribution in [2.45, 2.75) is 93.9 Å². The number of carboxylic acids is 1. The fraction of sp³-hybridized carbons (Fsp3) is 0.958. The molecule has 0 aromatic heterocycles. The van der Waals surface area contributed by atoms with Crippen LogP contribution in [-0.4, -0.2) is 69.4 Å². The van der Waals surface area contributed by atoms with Gasteiger partial charge in [-0.1, -0.05) is 50.5 Å². The van der Waals surface area contributed by atoms with Crippen molar-refractivity contribution in [2.24, 2.45) is 46.3 Å². The molecule has 0 aromatic carbocycles. The number of aliphatic carboxylic acids is 1. The van der Waals surface area contributed by atoms with Crippen LogP contribution in [0.5, 0.6) is 0 Å². The summed E-state index contributed by atoms with van der Waals surface area (Å²) in [5.41, 5.74) is -0.106. The minimum absolute atomic E-state index is 0.0346. The second-order valence-corrected chi connectivity index (χ2v) is 13.0. The third kappa shape index (κ3) is 3.75. The predicted molar refractivity (Wildman–Crippen MR) is 136 cm³/mol. The van der Waals surface area contributed by atoms with Crippen LogP contribution in [0.3, 0.4) is 0 Å². The summed E-state index contributed by atoms with van der Waals surface area (Å²) < 4.78 is 0. The topological polar surface area (TPSA) is 57.5 Å². The van der Waals surface area contributed by atoms with Gasteiger partial charge in [-0.15, -0.1) is 0 Å². The lowest BCUT2D eigenvalue weighted by Gasteiger charge is -2.68. The molecule has 0 saturated heterocycles. The number of carboxylic acid groups (broad SMARTS) is 1. The molecule has 9 heteroatoms. The van der Waals surface area contributed by atoms with Crippen LogP contribution in [0.15, 0.2) is 0 Å². The zero-order chi connectivity index (χ0) is 24.8. The first-order valence-electron chi connectivity index (χ1n) is 12.6. The van der Waals surface area contributed by atoms with Crippen LogP contribution < -0.4 is 0 Å². The van der Waals surface area contributed by atoms with Crippen LogP contribution in [0.1, 0.15) is 72.1 Å². The molecule has 33 heavy (non-hydrogen) atoms. The van der Waals surface area contributed by atoms with Gasteiger partial charge in [0.1, 0.15) is 0 Å². The zero-order valence-electron chi connectivity index (χ0n) is 20.5. The monoisotopic (exact) mass is 436 g/mol. The van der Waals surface area contributed by atoms with E-state index < -0.39 is 27.7 Å². The molecule has 166 valence electrons. The molecule has 4 aliphatic rings. The largest absolute Gasteiger partial charge is 0.482 e. The van der Waals surface area contributed by atoms with E-state index in [2.05, 4.69) is 20.8 Å². The van der Waals surface area contributed by atoms with Gasteiger partial charge < -0.3 is 10.2 Å². The van der Waals surface area contributed by atoms with Gasteiger partial charge in [-0.05, 0) is 83.7 Å². The second-order valence-electron chi connectivity index (χ2n) is 13.0. The van der Waals surface area contributed by atoms with Crippen molar-refractivity contribution >= 4 is 53.0 Å². The molecule has 0 unspecified atom stereocenters. The number of aliphatic hydroxyl groups is 1. The standard InChI is InChI=1S/C24H34B6O3/c1-12(10-22(25,26)19(32)33)14-5-6-15-13-4-7-17-21(3,16(13)8-9-20(14,15)2)11-23(27,28)18(31)24(17,29)30/h12-18,31H,4-11H2,1-3H3,(H,32,33)/t12-,13+,14-,15+,16+,17+,18+,20-,21-/m1/s1. The van der Waals surface area contributed by atoms with Crippen LogP contribution in [0.25, 0.3) is 0 Å². The molecule has 0 amide bonds. The Kier molecular flexibility index (Phi) is 6.21. The average Bonchev–Trinajstić information content (AvgIpc) is 3.03. The Labute approximate surface area is 208 Å². The number of aliphatic hydroxyl groups excluding tert-OH is 1. The highest BCUT2D eigenvalue weighted by Crippen LogP contribution is 2.73. The molecule has 9 atom stereocenters. The Balaban J connectivity index is 1.59. The number of fused-ring (bicyclic) bond motifs is 5. The van der Waals surface area contributed by atoms with Crippen molar-refractivity contribution < 1.29 is 15.0 Å². The third-order valence-corrected chi connectivity index (χ3v) is 11.0. The number of hydrogen-bond acceptors (Lipinski definition) is 2. The van der Waals surface area contributed by atoms with E-state index in [9.17, 15) is 15.0 Å². The molecule has 3 nitrogen and oxygen atoms in total. The summed E-state index contributed by atoms with van der Waals surface area (Å²) in [7, 11) is 37.7. The van der Waals surface area contributed by atoms with Crippen molar-refractivity contribution in [1.29, 1.82) is 0 Å². The fourth-order valence-electron chi connectivity index (χ4n) is 9.68. The van der Waals surface area contributed by atoms with Gasteiger partial charge in [0.05, 0.1) is 47.1 Å². The summed E-state index contributed by atoms with van der Waals surface area (Å²) in [6.07, 6.45) is 5.80. The maximum Gasteiger partial charge on any atom is 0.292 e. The van der Waals surface area contributed by atoms with Gasteiger partial charge in [0.2, 0.25) is 0 Å². The maximum atomic E-state index is 11.5. The van der Waals surface area contributed by atoms with Crippen LogP contribution in [0, 0.1) is 46.3 Å². The predicted octanol–water partition coefficient (Wildman–Crippen LogP) is 2.70. The van der Waals surface area contributed by atoms with E-state index in [-0.39, 0.29) is 29.1 Å². The molecule has 0 aromatic rings. The van der Waals surface area contributed by atoms with E-state index >= 15 is 0 Å². The second kappa shape index (κ2) is 7.91. The van der Waals surface area contributed by atoms with Crippen LogP contribution in [-0.2, 0) is 4.79 Å². The zero-order valence-corrected chi connectivity index (χ0v) is 20.5. The Hall–Kier alpha value is -0.180. The summed E-state index contributed by atoms with van der Waals surface area (Å²) in [4.78, 5) is 11.5. The summed E-state index contributed by atoms with van der Waals surface area (Å²) in [6, 6.07) is 0. The van der Waals surface area contributed by atoms with Gasteiger partial charge >= 0.3 is 0 Å². The Bertz CT molecular complexity index is 803. The van der Waals surface area contributed by atoms with Gasteiger partial charge in [0, 0.05) is 6.10 Å². The van der Waals surface area contributed by atoms with E-state index in [1.807, 2.05) is 0 Å². The first kappa shape index (κ1) is 25.9. The summed E-state index contributed by atoms with van der Waals surface area (Å²) in [6.45, 7) is 6.74. The molecule has 4 rings (SSSR count). The highest BCUT2D eigenvalue weighted by atomic mass is 16.4. The van der Waals surface area contributed by atoms with Crippen molar-refractivity contribution in [2.75, 3.05) is 0 Å². The lowest BCUT2D eigenvalue weighted by atomic mass is 9.24. The van der Waals surface area contributed by atoms with Crippen LogP contribution in [0.4, 0.5) is 0 Å². The normalized spacial score (nSPS) is 47.0. The Morgan fingerprint density at radius 2 is 1.61 bits per heavy atom. The van der Waals surface area contributed by atoms with Gasteiger partial charge in [0.15, 0.2) is 0 Å². The lowest BCUT2D eigenvalue weighted by molar-refractivity contribution is -0.141. The Morgan fingerprint density at radius 1 is 1.00 bits per heavy atom. The SMILES string of the molecule is [B]C([B])(C[C@@H](C)[C@H]1CC[C@H]2[C@@H]3CC[C@@H]4C([B])([B])[C@@H](O)C([B])([B])C[C@]4(C)[C@H]3CC[C@]12C)C(=O)O. The fourth-order valence-corrected chi connectivity index (χ4v) is 9.68. The first-order valence-corrected chi connectivity index (χ1v) is 12.6. The number of rotatable bonds is 4. The average molecular weight is 435 g/mol. The van der Waals surface area contributed by atoms with Gasteiger partial charge in [-0.25, -0.2) is 0 Å². The van der Waals surface area contributed by atoms with Crippen molar-refractivity contribution in [3.8, 4) is 0 Å². The van der Waals surface area contributed by atoms with E-state index in [4.69, 9.17) is 47.1 Å². The highest BCUT2D eigenvalue weighted by Gasteiger charge is 2.65. The van der Waals surface area contributed by atoms with E-state index in [1.54, 1.807) is 0 Å². The summed E-state index contributed by atoms with van der Waals surface area (Å²) in [5, 5.41) is 15.9. The minimum Gasteiger partial charge on any atom is -0.482 e. The van der Waals surface area contributed by atoms with E-state index in [1.165, 1.54) is 0 Å². The molecule has 0 spiro atoms. The van der Waals surface area contributed by atoms with Gasteiger partial charge in [-0.3, -0.25) is 4.79 Å². The van der Waals surface area contributed by atoms with Crippen molar-refractivity contribution in [3.05, 3.63) is 0 Å². The molecular formula is C24H34B6O3. The summed E-state index contributed by atoms with van der Waals surface area (Å²) >= 11 is 0. The molecule has 0 heterocycles. The van der Waals surface area contributed by atoms with E-state index in [0.717, 1.165) is 38.5 Å². The van der Waals surface area contributed by atoms with Crippen molar-refractivity contribution in [3.63, 3.8) is 0 Å². The van der Waals surface area contributed by atoms with Gasteiger partial charge in [0.25, 0.3) is 5.97 Å². The van der Waals surface area contributed by atoms with Gasteiger partial charge in [-0.2, -0.15) is 0 Å². The lowest BCUT2D eigenvalue weighted by Crippen LogP contribution is -2.62. The van der Waals surface area contributed by atoms with E-state index in [0.29, 0.717) is 30.1 Å². The molecule has 0 bridgehead atoms. The molecule has 4 saturated carbocycles. The third-order valence-electron chi connectivity index (χ3n) is 11.0. The van der Waals surface area contributed by atoms with Crippen LogP contribution >= 0.6 is 0 Å². The van der Waals surface area contributed by atoms with Crippen LogP contribution in [0.2, 0.25) is 15.6 Å². The molecule has 4 aliphatic carbocycles. The van der Waals surface area contributed by atoms with Crippen molar-refractivity contribution in [1.82, 2.24) is 0 Å². The first-order chi connectivity index (χ1) is 15.0. The number of carbonyl (C=O) groups is 1. The quantitative estimate of drug-likeness (QED) is 0.668. The molecule has 4 fully saturated rings. The molecule has 0 aliphatic heterocycles. The number of hydrogen-bond donors (Lipinski definition) is 2. The molecule has 2 N–H and O–H groups in total.